The number of nitrogens with one attached hydrogen (secondary N) is 2. The van der Waals surface area contributed by atoms with Crippen LogP contribution in [0.25, 0.3) is 0 Å². The lowest BCUT2D eigenvalue weighted by atomic mass is 9.94. The molecule has 1 saturated heterocycles. The Morgan fingerprint density at radius 1 is 1.47 bits per heavy atom. The molecule has 0 aromatic carbocycles. The second-order valence-corrected chi connectivity index (χ2v) is 5.31. The van der Waals surface area contributed by atoms with Crippen molar-refractivity contribution in [1.82, 2.24) is 10.6 Å². The summed E-state index contributed by atoms with van der Waals surface area (Å²) < 4.78 is 0. The standard InChI is InChI=1S/C12H22N2O3/c1-12(2,6-5-10(15)16)14-11(17)9-4-3-7-13-8-9/h9,13H,3-8H2,1-2H3,(H,14,17)(H,15,16)/t9-/m0/s1. The van der Waals surface area contributed by atoms with Gasteiger partial charge in [0.25, 0.3) is 0 Å². The van der Waals surface area contributed by atoms with Gasteiger partial charge in [-0.15, -0.1) is 0 Å². The predicted molar refractivity (Wildman–Crippen MR) is 64.7 cm³/mol. The number of hydrogen-bond acceptors (Lipinski definition) is 3. The minimum absolute atomic E-state index is 0.0212. The molecule has 0 aromatic rings. The van der Waals surface area contributed by atoms with Gasteiger partial charge in [-0.2, -0.15) is 0 Å². The van der Waals surface area contributed by atoms with Crippen LogP contribution < -0.4 is 10.6 Å². The molecule has 17 heavy (non-hydrogen) atoms. The van der Waals surface area contributed by atoms with Gasteiger partial charge in [-0.05, 0) is 39.7 Å². The quantitative estimate of drug-likeness (QED) is 0.664. The van der Waals surface area contributed by atoms with Crippen molar-refractivity contribution in [3.8, 4) is 0 Å². The minimum Gasteiger partial charge on any atom is -0.481 e. The van der Waals surface area contributed by atoms with Gasteiger partial charge < -0.3 is 15.7 Å². The van der Waals surface area contributed by atoms with Crippen LogP contribution in [0.2, 0.25) is 0 Å². The SMILES string of the molecule is CC(C)(CCC(=O)O)NC(=O)[C@H]1CCCNC1. The van der Waals surface area contributed by atoms with Gasteiger partial charge in [0.2, 0.25) is 5.91 Å². The Morgan fingerprint density at radius 3 is 2.71 bits per heavy atom. The third kappa shape index (κ3) is 5.17. The largest absolute Gasteiger partial charge is 0.481 e. The Morgan fingerprint density at radius 2 is 2.18 bits per heavy atom. The molecule has 0 radical (unpaired) electrons. The highest BCUT2D eigenvalue weighted by atomic mass is 16.4. The van der Waals surface area contributed by atoms with Crippen molar-refractivity contribution in [2.45, 2.75) is 45.1 Å². The summed E-state index contributed by atoms with van der Waals surface area (Å²) in [5.41, 5.74) is -0.451. The monoisotopic (exact) mass is 242 g/mol. The van der Waals surface area contributed by atoms with E-state index in [0.717, 1.165) is 25.9 Å². The molecule has 0 spiro atoms. The number of carboxylic acid groups (broad SMARTS) is 1. The van der Waals surface area contributed by atoms with E-state index in [1.54, 1.807) is 0 Å². The van der Waals surface area contributed by atoms with Gasteiger partial charge in [-0.3, -0.25) is 9.59 Å². The zero-order valence-electron chi connectivity index (χ0n) is 10.6. The van der Waals surface area contributed by atoms with Crippen LogP contribution in [0.5, 0.6) is 0 Å². The molecule has 98 valence electrons. The molecule has 5 heteroatoms. The second-order valence-electron chi connectivity index (χ2n) is 5.31. The van der Waals surface area contributed by atoms with Crippen molar-refractivity contribution in [3.05, 3.63) is 0 Å². The van der Waals surface area contributed by atoms with E-state index in [0.29, 0.717) is 6.42 Å². The van der Waals surface area contributed by atoms with Crippen LogP contribution in [0.4, 0.5) is 0 Å². The highest BCUT2D eigenvalue weighted by Crippen LogP contribution is 2.15. The molecular weight excluding hydrogens is 220 g/mol. The fourth-order valence-corrected chi connectivity index (χ4v) is 1.99. The van der Waals surface area contributed by atoms with Gasteiger partial charge >= 0.3 is 5.97 Å². The van der Waals surface area contributed by atoms with Crippen LogP contribution in [-0.2, 0) is 9.59 Å². The summed E-state index contributed by atoms with van der Waals surface area (Å²) in [7, 11) is 0. The lowest BCUT2D eigenvalue weighted by Crippen LogP contribution is -2.49. The number of amides is 1. The molecular formula is C12H22N2O3. The molecule has 0 bridgehead atoms. The van der Waals surface area contributed by atoms with Crippen LogP contribution in [0.3, 0.4) is 0 Å². The Labute approximate surface area is 102 Å². The van der Waals surface area contributed by atoms with Crippen molar-refractivity contribution in [2.75, 3.05) is 13.1 Å². The molecule has 0 saturated carbocycles. The molecule has 1 aliphatic rings. The molecule has 1 heterocycles. The summed E-state index contributed by atoms with van der Waals surface area (Å²) in [4.78, 5) is 22.5. The van der Waals surface area contributed by atoms with Crippen molar-refractivity contribution < 1.29 is 14.7 Å². The molecule has 5 nitrogen and oxygen atoms in total. The van der Waals surface area contributed by atoms with Gasteiger partial charge in [0.1, 0.15) is 0 Å². The molecule has 1 amide bonds. The number of rotatable bonds is 5. The first-order valence-electron chi connectivity index (χ1n) is 6.15. The Kier molecular flexibility index (Phi) is 4.93. The van der Waals surface area contributed by atoms with Crippen LogP contribution >= 0.6 is 0 Å². The average Bonchev–Trinajstić information content (AvgIpc) is 2.27. The maximum Gasteiger partial charge on any atom is 0.303 e. The van der Waals surface area contributed by atoms with E-state index in [1.165, 1.54) is 0 Å². The minimum atomic E-state index is -0.827. The third-order valence-electron chi connectivity index (χ3n) is 3.09. The summed E-state index contributed by atoms with van der Waals surface area (Å²) in [5.74, 6) is -0.771. The normalized spacial score (nSPS) is 20.9. The van der Waals surface area contributed by atoms with Crippen LogP contribution in [0.15, 0.2) is 0 Å². The first-order valence-corrected chi connectivity index (χ1v) is 6.15. The Hall–Kier alpha value is -1.10. The number of aliphatic carboxylic acids is 1. The smallest absolute Gasteiger partial charge is 0.303 e. The maximum absolute atomic E-state index is 12.0. The average molecular weight is 242 g/mol. The predicted octanol–water partition coefficient (Wildman–Crippen LogP) is 0.746. The Balaban J connectivity index is 2.39. The highest BCUT2D eigenvalue weighted by molar-refractivity contribution is 5.79. The van der Waals surface area contributed by atoms with Gasteiger partial charge in [-0.1, -0.05) is 0 Å². The van der Waals surface area contributed by atoms with E-state index in [-0.39, 0.29) is 18.2 Å². The van der Waals surface area contributed by atoms with Crippen molar-refractivity contribution in [3.63, 3.8) is 0 Å². The molecule has 0 aliphatic carbocycles. The van der Waals surface area contributed by atoms with Gasteiger partial charge in [0.05, 0.1) is 5.92 Å². The van der Waals surface area contributed by atoms with Crippen LogP contribution in [0.1, 0.15) is 39.5 Å². The van der Waals surface area contributed by atoms with Crippen molar-refractivity contribution in [1.29, 1.82) is 0 Å². The summed E-state index contributed by atoms with van der Waals surface area (Å²) in [5, 5.41) is 14.8. The van der Waals surface area contributed by atoms with Gasteiger partial charge in [0.15, 0.2) is 0 Å². The first-order chi connectivity index (χ1) is 7.91. The lowest BCUT2D eigenvalue weighted by Gasteiger charge is -2.30. The summed E-state index contributed by atoms with van der Waals surface area (Å²) in [6.07, 6.45) is 2.46. The number of carbonyl (C=O) groups is 2. The van der Waals surface area contributed by atoms with Crippen molar-refractivity contribution in [2.24, 2.45) is 5.92 Å². The zero-order valence-corrected chi connectivity index (χ0v) is 10.6. The fourth-order valence-electron chi connectivity index (χ4n) is 1.99. The molecule has 0 aromatic heterocycles. The summed E-state index contributed by atoms with van der Waals surface area (Å²) in [6.45, 7) is 5.43. The Bertz CT molecular complexity index is 283. The summed E-state index contributed by atoms with van der Waals surface area (Å²) >= 11 is 0. The third-order valence-corrected chi connectivity index (χ3v) is 3.09. The van der Waals surface area contributed by atoms with E-state index in [4.69, 9.17) is 5.11 Å². The lowest BCUT2D eigenvalue weighted by molar-refractivity contribution is -0.138. The molecule has 1 rings (SSSR count). The fraction of sp³-hybridized carbons (Fsp3) is 0.833. The topological polar surface area (TPSA) is 78.4 Å². The number of carboxylic acids is 1. The van der Waals surface area contributed by atoms with E-state index < -0.39 is 11.5 Å². The first kappa shape index (κ1) is 14.0. The van der Waals surface area contributed by atoms with Crippen LogP contribution in [0, 0.1) is 5.92 Å². The highest BCUT2D eigenvalue weighted by Gasteiger charge is 2.27. The summed E-state index contributed by atoms with van der Waals surface area (Å²) in [6, 6.07) is 0. The van der Waals surface area contributed by atoms with E-state index in [9.17, 15) is 9.59 Å². The number of hydrogen-bond donors (Lipinski definition) is 3. The van der Waals surface area contributed by atoms with Crippen molar-refractivity contribution >= 4 is 11.9 Å². The number of piperidine rings is 1. The van der Waals surface area contributed by atoms with E-state index in [1.807, 2.05) is 13.8 Å². The molecule has 0 unspecified atom stereocenters. The van der Waals surface area contributed by atoms with E-state index in [2.05, 4.69) is 10.6 Å². The molecule has 1 aliphatic heterocycles. The number of carbonyl (C=O) groups excluding carboxylic acids is 1. The maximum atomic E-state index is 12.0. The van der Waals surface area contributed by atoms with Gasteiger partial charge in [-0.25, -0.2) is 0 Å². The molecule has 3 N–H and O–H groups in total. The van der Waals surface area contributed by atoms with E-state index >= 15 is 0 Å². The molecule has 1 atom stereocenters. The second kappa shape index (κ2) is 6.00. The van der Waals surface area contributed by atoms with Gasteiger partial charge in [0, 0.05) is 18.5 Å². The zero-order chi connectivity index (χ0) is 12.9. The van der Waals surface area contributed by atoms with Crippen LogP contribution in [-0.4, -0.2) is 35.6 Å². The molecule has 1 fully saturated rings.